The second-order valence-corrected chi connectivity index (χ2v) is 4.24. The van der Waals surface area contributed by atoms with Gasteiger partial charge in [-0.2, -0.15) is 13.2 Å². The molecule has 1 N–H and O–H groups in total. The molecule has 0 saturated carbocycles. The maximum atomic E-state index is 12.4. The van der Waals surface area contributed by atoms with Crippen molar-refractivity contribution in [2.24, 2.45) is 0 Å². The van der Waals surface area contributed by atoms with Gasteiger partial charge < -0.3 is 10.1 Å². The van der Waals surface area contributed by atoms with Gasteiger partial charge in [0.05, 0.1) is 11.2 Å². The predicted molar refractivity (Wildman–Crippen MR) is 58.8 cm³/mol. The number of halogens is 3. The zero-order chi connectivity index (χ0) is 13.1. The summed E-state index contributed by atoms with van der Waals surface area (Å²) in [6, 6.07) is 1.92. The molecule has 6 heteroatoms. The van der Waals surface area contributed by atoms with Crippen molar-refractivity contribution in [2.75, 3.05) is 19.0 Å². The third kappa shape index (κ3) is 4.22. The fourth-order valence-electron chi connectivity index (χ4n) is 1.08. The molecule has 0 radical (unpaired) electrons. The van der Waals surface area contributed by atoms with Crippen LogP contribution in [0.2, 0.25) is 0 Å². The molecule has 96 valence electrons. The molecule has 0 bridgehead atoms. The highest BCUT2D eigenvalue weighted by molar-refractivity contribution is 5.38. The maximum Gasteiger partial charge on any atom is 0.416 e. The van der Waals surface area contributed by atoms with E-state index in [2.05, 4.69) is 10.3 Å². The molecular weight excluding hydrogens is 233 g/mol. The minimum absolute atomic E-state index is 0.185. The smallest absolute Gasteiger partial charge is 0.377 e. The van der Waals surface area contributed by atoms with Crippen molar-refractivity contribution in [3.8, 4) is 0 Å². The van der Waals surface area contributed by atoms with Gasteiger partial charge in [-0.25, -0.2) is 4.98 Å². The van der Waals surface area contributed by atoms with Gasteiger partial charge in [0.15, 0.2) is 0 Å². The zero-order valence-electron chi connectivity index (χ0n) is 9.93. The molecule has 0 fully saturated rings. The molecule has 0 atom stereocenters. The standard InChI is InChI=1S/C11H15F3N2O/c1-10(2,17-3)7-16-9-6-8(4-5-15-9)11(12,13)14/h4-6H,7H2,1-3H3,(H,15,16). The number of methoxy groups -OCH3 is 1. The summed E-state index contributed by atoms with van der Waals surface area (Å²) in [6.45, 7) is 4.03. The summed E-state index contributed by atoms with van der Waals surface area (Å²) in [5, 5.41) is 2.81. The van der Waals surface area contributed by atoms with E-state index in [9.17, 15) is 13.2 Å². The minimum Gasteiger partial charge on any atom is -0.377 e. The van der Waals surface area contributed by atoms with E-state index in [1.54, 1.807) is 7.11 Å². The Kier molecular flexibility index (Phi) is 3.98. The first-order chi connectivity index (χ1) is 7.74. The Morgan fingerprint density at radius 2 is 2.00 bits per heavy atom. The van der Waals surface area contributed by atoms with Crippen LogP contribution in [0.25, 0.3) is 0 Å². The van der Waals surface area contributed by atoms with Crippen LogP contribution in [-0.4, -0.2) is 24.2 Å². The fourth-order valence-corrected chi connectivity index (χ4v) is 1.08. The Morgan fingerprint density at radius 1 is 1.35 bits per heavy atom. The molecule has 1 heterocycles. The number of aromatic nitrogens is 1. The average Bonchev–Trinajstić information content (AvgIpc) is 2.26. The van der Waals surface area contributed by atoms with Crippen molar-refractivity contribution in [3.63, 3.8) is 0 Å². The molecule has 0 saturated heterocycles. The van der Waals surface area contributed by atoms with Crippen molar-refractivity contribution < 1.29 is 17.9 Å². The Morgan fingerprint density at radius 3 is 2.53 bits per heavy atom. The summed E-state index contributed by atoms with van der Waals surface area (Å²) in [4.78, 5) is 3.82. The number of nitrogens with zero attached hydrogens (tertiary/aromatic N) is 1. The lowest BCUT2D eigenvalue weighted by atomic mass is 10.1. The van der Waals surface area contributed by atoms with E-state index in [0.29, 0.717) is 6.54 Å². The van der Waals surface area contributed by atoms with E-state index in [-0.39, 0.29) is 5.82 Å². The summed E-state index contributed by atoms with van der Waals surface area (Å²) in [5.74, 6) is 0.185. The second kappa shape index (κ2) is 4.91. The molecule has 1 aromatic rings. The van der Waals surface area contributed by atoms with Crippen LogP contribution in [0.1, 0.15) is 19.4 Å². The molecule has 1 aromatic heterocycles. The van der Waals surface area contributed by atoms with Gasteiger partial charge in [0.2, 0.25) is 0 Å². The third-order valence-corrected chi connectivity index (χ3v) is 2.34. The summed E-state index contributed by atoms with van der Waals surface area (Å²) >= 11 is 0. The fraction of sp³-hybridized carbons (Fsp3) is 0.545. The Labute approximate surface area is 98.0 Å². The third-order valence-electron chi connectivity index (χ3n) is 2.34. The predicted octanol–water partition coefficient (Wildman–Crippen LogP) is 2.94. The SMILES string of the molecule is COC(C)(C)CNc1cc(C(F)(F)F)ccn1. The van der Waals surface area contributed by atoms with Crippen LogP contribution < -0.4 is 5.32 Å². The monoisotopic (exact) mass is 248 g/mol. The minimum atomic E-state index is -4.35. The molecule has 0 aliphatic rings. The molecule has 0 amide bonds. The van der Waals surface area contributed by atoms with E-state index in [1.807, 2.05) is 13.8 Å². The quantitative estimate of drug-likeness (QED) is 0.889. The highest BCUT2D eigenvalue weighted by Crippen LogP contribution is 2.29. The van der Waals surface area contributed by atoms with Gasteiger partial charge in [0.25, 0.3) is 0 Å². The number of alkyl halides is 3. The first-order valence-corrected chi connectivity index (χ1v) is 5.07. The molecule has 3 nitrogen and oxygen atoms in total. The van der Waals surface area contributed by atoms with Crippen LogP contribution in [0.5, 0.6) is 0 Å². The summed E-state index contributed by atoms with van der Waals surface area (Å²) in [5.41, 5.74) is -1.18. The topological polar surface area (TPSA) is 34.1 Å². The van der Waals surface area contributed by atoms with Crippen molar-refractivity contribution in [1.29, 1.82) is 0 Å². The van der Waals surface area contributed by atoms with Crippen LogP contribution >= 0.6 is 0 Å². The molecule has 0 unspecified atom stereocenters. The van der Waals surface area contributed by atoms with Crippen LogP contribution in [0.4, 0.5) is 19.0 Å². The van der Waals surface area contributed by atoms with Crippen molar-refractivity contribution in [1.82, 2.24) is 4.98 Å². The van der Waals surface area contributed by atoms with E-state index < -0.39 is 17.3 Å². The van der Waals surface area contributed by atoms with Gasteiger partial charge in [-0.05, 0) is 26.0 Å². The summed E-state index contributed by atoms with van der Waals surface area (Å²) in [7, 11) is 1.54. The first-order valence-electron chi connectivity index (χ1n) is 5.07. The second-order valence-electron chi connectivity index (χ2n) is 4.24. The Hall–Kier alpha value is -1.30. The van der Waals surface area contributed by atoms with Crippen LogP contribution in [0.15, 0.2) is 18.3 Å². The number of nitrogens with one attached hydrogen (secondary N) is 1. The summed E-state index contributed by atoms with van der Waals surface area (Å²) in [6.07, 6.45) is -3.22. The largest absolute Gasteiger partial charge is 0.416 e. The number of anilines is 1. The lowest BCUT2D eigenvalue weighted by molar-refractivity contribution is -0.137. The van der Waals surface area contributed by atoms with E-state index >= 15 is 0 Å². The normalized spacial score (nSPS) is 12.6. The number of rotatable bonds is 4. The number of pyridine rings is 1. The Bertz CT molecular complexity index is 377. The van der Waals surface area contributed by atoms with Crippen LogP contribution in [0.3, 0.4) is 0 Å². The van der Waals surface area contributed by atoms with Gasteiger partial charge in [-0.15, -0.1) is 0 Å². The molecule has 1 rings (SSSR count). The summed E-state index contributed by atoms with van der Waals surface area (Å²) < 4.78 is 42.4. The molecular formula is C11H15F3N2O. The molecule has 0 aromatic carbocycles. The molecule has 0 spiro atoms. The lowest BCUT2D eigenvalue weighted by Gasteiger charge is -2.23. The number of ether oxygens (including phenoxy) is 1. The number of hydrogen-bond donors (Lipinski definition) is 1. The zero-order valence-corrected chi connectivity index (χ0v) is 9.93. The van der Waals surface area contributed by atoms with Crippen molar-refractivity contribution >= 4 is 5.82 Å². The van der Waals surface area contributed by atoms with Gasteiger partial charge in [-0.1, -0.05) is 0 Å². The highest BCUT2D eigenvalue weighted by atomic mass is 19.4. The lowest BCUT2D eigenvalue weighted by Crippen LogP contribution is -2.32. The van der Waals surface area contributed by atoms with E-state index in [1.165, 1.54) is 0 Å². The first kappa shape index (κ1) is 13.8. The van der Waals surface area contributed by atoms with E-state index in [0.717, 1.165) is 18.3 Å². The van der Waals surface area contributed by atoms with Gasteiger partial charge in [-0.3, -0.25) is 0 Å². The van der Waals surface area contributed by atoms with Gasteiger partial charge in [0.1, 0.15) is 5.82 Å². The van der Waals surface area contributed by atoms with Crippen LogP contribution in [-0.2, 0) is 10.9 Å². The van der Waals surface area contributed by atoms with Crippen molar-refractivity contribution in [3.05, 3.63) is 23.9 Å². The Balaban J connectivity index is 2.74. The average molecular weight is 248 g/mol. The number of hydrogen-bond acceptors (Lipinski definition) is 3. The molecule has 0 aliphatic heterocycles. The van der Waals surface area contributed by atoms with Crippen LogP contribution in [0, 0.1) is 0 Å². The maximum absolute atomic E-state index is 12.4. The molecule has 0 aliphatic carbocycles. The highest BCUT2D eigenvalue weighted by Gasteiger charge is 2.30. The van der Waals surface area contributed by atoms with E-state index in [4.69, 9.17) is 4.74 Å². The van der Waals surface area contributed by atoms with Gasteiger partial charge >= 0.3 is 6.18 Å². The molecule has 17 heavy (non-hydrogen) atoms. The van der Waals surface area contributed by atoms with Gasteiger partial charge in [0, 0.05) is 19.9 Å². The van der Waals surface area contributed by atoms with Crippen molar-refractivity contribution in [2.45, 2.75) is 25.6 Å².